The summed E-state index contributed by atoms with van der Waals surface area (Å²) in [4.78, 5) is 13.3. The van der Waals surface area contributed by atoms with Crippen LogP contribution in [0.25, 0.3) is 0 Å². The number of carboxylic acid groups (broad SMARTS) is 1. The van der Waals surface area contributed by atoms with Crippen LogP contribution in [-0.4, -0.2) is 24.2 Å². The van der Waals surface area contributed by atoms with Gasteiger partial charge in [-0.05, 0) is 43.2 Å². The zero-order chi connectivity index (χ0) is 13.6. The molecule has 2 aliphatic rings. The normalized spacial score (nSPS) is 20.6. The Balaban J connectivity index is 1.93. The highest BCUT2D eigenvalue weighted by atomic mass is 79.9. The van der Waals surface area contributed by atoms with Crippen LogP contribution in [0, 0.1) is 11.2 Å². The fourth-order valence-corrected chi connectivity index (χ4v) is 3.34. The Morgan fingerprint density at radius 1 is 1.26 bits per heavy atom. The minimum absolute atomic E-state index is 0.213. The molecule has 1 aliphatic heterocycles. The first-order valence-electron chi connectivity index (χ1n) is 6.48. The van der Waals surface area contributed by atoms with Gasteiger partial charge in [-0.2, -0.15) is 0 Å². The maximum Gasteiger partial charge on any atom is 0.340 e. The van der Waals surface area contributed by atoms with Crippen LogP contribution < -0.4 is 4.90 Å². The topological polar surface area (TPSA) is 40.5 Å². The average molecular weight is 328 g/mol. The van der Waals surface area contributed by atoms with Crippen molar-refractivity contribution < 1.29 is 14.3 Å². The molecule has 0 unspecified atom stereocenters. The van der Waals surface area contributed by atoms with E-state index >= 15 is 0 Å². The summed E-state index contributed by atoms with van der Waals surface area (Å²) in [6, 6.07) is 2.91. The highest BCUT2D eigenvalue weighted by molar-refractivity contribution is 9.10. The fraction of sp³-hybridized carbons (Fsp3) is 0.500. The van der Waals surface area contributed by atoms with E-state index in [2.05, 4.69) is 15.9 Å². The van der Waals surface area contributed by atoms with Gasteiger partial charge in [0.15, 0.2) is 0 Å². The van der Waals surface area contributed by atoms with Gasteiger partial charge >= 0.3 is 5.97 Å². The lowest BCUT2D eigenvalue weighted by Crippen LogP contribution is -2.35. The first-order valence-corrected chi connectivity index (χ1v) is 7.27. The lowest BCUT2D eigenvalue weighted by atomic mass is 9.93. The third-order valence-electron chi connectivity index (χ3n) is 4.37. The molecule has 102 valence electrons. The Morgan fingerprint density at radius 3 is 2.42 bits per heavy atom. The Morgan fingerprint density at radius 2 is 1.89 bits per heavy atom. The summed E-state index contributed by atoms with van der Waals surface area (Å²) >= 11 is 3.24. The van der Waals surface area contributed by atoms with Crippen molar-refractivity contribution in [1.82, 2.24) is 0 Å². The molecule has 1 heterocycles. The Bertz CT molecular complexity index is 532. The number of carboxylic acids is 1. The standard InChI is InChI=1S/C14H15BrFNO2/c15-9-7-10(16)12(13(18)19)11(8-9)17-5-3-14(1-2-14)4-6-17/h7-8H,1-6H2,(H,18,19). The molecule has 0 bridgehead atoms. The van der Waals surface area contributed by atoms with Crippen LogP contribution in [-0.2, 0) is 0 Å². The third kappa shape index (κ3) is 2.36. The SMILES string of the molecule is O=C(O)c1c(F)cc(Br)cc1N1CCC2(CC1)CC2. The lowest BCUT2D eigenvalue weighted by Gasteiger charge is -2.34. The van der Waals surface area contributed by atoms with Gasteiger partial charge in [0, 0.05) is 17.6 Å². The molecule has 3 nitrogen and oxygen atoms in total. The molecule has 19 heavy (non-hydrogen) atoms. The molecule has 1 spiro atoms. The molecule has 1 saturated heterocycles. The third-order valence-corrected chi connectivity index (χ3v) is 4.83. The fourth-order valence-electron chi connectivity index (χ4n) is 2.92. The number of nitrogens with zero attached hydrogens (tertiary/aromatic N) is 1. The van der Waals surface area contributed by atoms with E-state index in [4.69, 9.17) is 0 Å². The van der Waals surface area contributed by atoms with Crippen molar-refractivity contribution in [2.45, 2.75) is 25.7 Å². The number of hydrogen-bond acceptors (Lipinski definition) is 2. The number of aromatic carboxylic acids is 1. The molecule has 1 aromatic rings. The van der Waals surface area contributed by atoms with Crippen LogP contribution in [0.1, 0.15) is 36.0 Å². The predicted molar refractivity (Wildman–Crippen MR) is 74.2 cm³/mol. The highest BCUT2D eigenvalue weighted by Crippen LogP contribution is 2.54. The molecule has 1 aliphatic carbocycles. The van der Waals surface area contributed by atoms with E-state index in [0.717, 1.165) is 25.9 Å². The molecule has 0 amide bonds. The second-order valence-corrected chi connectivity index (χ2v) is 6.49. The molecular weight excluding hydrogens is 313 g/mol. The van der Waals surface area contributed by atoms with Crippen molar-refractivity contribution in [3.63, 3.8) is 0 Å². The van der Waals surface area contributed by atoms with Crippen molar-refractivity contribution in [2.24, 2.45) is 5.41 Å². The lowest BCUT2D eigenvalue weighted by molar-refractivity contribution is 0.0692. The van der Waals surface area contributed by atoms with Crippen LogP contribution in [0.3, 0.4) is 0 Å². The summed E-state index contributed by atoms with van der Waals surface area (Å²) in [5.41, 5.74) is 0.801. The minimum Gasteiger partial charge on any atom is -0.478 e. The Hall–Kier alpha value is -1.10. The highest BCUT2D eigenvalue weighted by Gasteiger charge is 2.44. The molecule has 1 aromatic carbocycles. The van der Waals surface area contributed by atoms with E-state index in [1.807, 2.05) is 4.90 Å². The summed E-state index contributed by atoms with van der Waals surface area (Å²) in [5.74, 6) is -1.88. The zero-order valence-corrected chi connectivity index (χ0v) is 12.0. The Kier molecular flexibility index (Phi) is 3.04. The summed E-state index contributed by atoms with van der Waals surface area (Å²) in [7, 11) is 0. The number of hydrogen-bond donors (Lipinski definition) is 1. The van der Waals surface area contributed by atoms with E-state index in [9.17, 15) is 14.3 Å². The molecule has 1 N–H and O–H groups in total. The maximum atomic E-state index is 13.8. The van der Waals surface area contributed by atoms with Gasteiger partial charge in [0.25, 0.3) is 0 Å². The smallest absolute Gasteiger partial charge is 0.340 e. The molecule has 5 heteroatoms. The number of benzene rings is 1. The van der Waals surface area contributed by atoms with Crippen LogP contribution in [0.5, 0.6) is 0 Å². The van der Waals surface area contributed by atoms with Gasteiger partial charge in [0.05, 0.1) is 5.69 Å². The minimum atomic E-state index is -1.20. The molecule has 3 rings (SSSR count). The molecule has 1 saturated carbocycles. The predicted octanol–water partition coefficient (Wildman–Crippen LogP) is 3.67. The number of piperidine rings is 1. The van der Waals surface area contributed by atoms with Crippen LogP contribution in [0.2, 0.25) is 0 Å². The van der Waals surface area contributed by atoms with Gasteiger partial charge in [-0.15, -0.1) is 0 Å². The van der Waals surface area contributed by atoms with Gasteiger partial charge in [0.1, 0.15) is 11.4 Å². The monoisotopic (exact) mass is 327 g/mol. The second kappa shape index (κ2) is 4.47. The summed E-state index contributed by atoms with van der Waals surface area (Å²) in [5, 5.41) is 9.20. The van der Waals surface area contributed by atoms with Crippen molar-refractivity contribution in [2.75, 3.05) is 18.0 Å². The van der Waals surface area contributed by atoms with Gasteiger partial charge in [-0.3, -0.25) is 0 Å². The van der Waals surface area contributed by atoms with E-state index in [0.29, 0.717) is 15.6 Å². The first-order chi connectivity index (χ1) is 9.01. The van der Waals surface area contributed by atoms with Crippen LogP contribution >= 0.6 is 15.9 Å². The van der Waals surface area contributed by atoms with E-state index in [1.54, 1.807) is 6.07 Å². The average Bonchev–Trinajstić information content (AvgIpc) is 3.08. The van der Waals surface area contributed by atoms with Crippen molar-refractivity contribution >= 4 is 27.6 Å². The number of carbonyl (C=O) groups is 1. The van der Waals surface area contributed by atoms with Gasteiger partial charge < -0.3 is 10.0 Å². The van der Waals surface area contributed by atoms with Crippen molar-refractivity contribution in [3.05, 3.63) is 28.0 Å². The largest absolute Gasteiger partial charge is 0.478 e. The van der Waals surface area contributed by atoms with Crippen molar-refractivity contribution in [3.8, 4) is 0 Å². The number of halogens is 2. The van der Waals surface area contributed by atoms with Crippen molar-refractivity contribution in [1.29, 1.82) is 0 Å². The second-order valence-electron chi connectivity index (χ2n) is 5.57. The Labute approximate surface area is 119 Å². The van der Waals surface area contributed by atoms with Gasteiger partial charge in [-0.25, -0.2) is 9.18 Å². The van der Waals surface area contributed by atoms with Crippen LogP contribution in [0.4, 0.5) is 10.1 Å². The molecule has 0 radical (unpaired) electrons. The van der Waals surface area contributed by atoms with Crippen LogP contribution in [0.15, 0.2) is 16.6 Å². The van der Waals surface area contributed by atoms with E-state index in [-0.39, 0.29) is 5.56 Å². The zero-order valence-electron chi connectivity index (χ0n) is 10.5. The molecular formula is C14H15BrFNO2. The summed E-state index contributed by atoms with van der Waals surface area (Å²) in [6.07, 6.45) is 4.75. The molecule has 0 atom stereocenters. The quantitative estimate of drug-likeness (QED) is 0.901. The van der Waals surface area contributed by atoms with E-state index < -0.39 is 11.8 Å². The maximum absolute atomic E-state index is 13.8. The first kappa shape index (κ1) is 12.9. The number of anilines is 1. The summed E-state index contributed by atoms with van der Waals surface area (Å²) < 4.78 is 14.4. The molecule has 2 fully saturated rings. The van der Waals surface area contributed by atoms with E-state index in [1.165, 1.54) is 18.9 Å². The van der Waals surface area contributed by atoms with Gasteiger partial charge in [0.2, 0.25) is 0 Å². The molecule has 0 aromatic heterocycles. The number of rotatable bonds is 2. The van der Waals surface area contributed by atoms with Gasteiger partial charge in [-0.1, -0.05) is 15.9 Å². The summed E-state index contributed by atoms with van der Waals surface area (Å²) in [6.45, 7) is 1.63.